The van der Waals surface area contributed by atoms with Crippen LogP contribution < -0.4 is 15.4 Å². The summed E-state index contributed by atoms with van der Waals surface area (Å²) in [6.07, 6.45) is 2.96. The van der Waals surface area contributed by atoms with Crippen LogP contribution in [-0.2, 0) is 16.1 Å². The summed E-state index contributed by atoms with van der Waals surface area (Å²) in [6, 6.07) is 5.66. The molecule has 0 radical (unpaired) electrons. The number of benzene rings is 1. The minimum Gasteiger partial charge on any atom is -0.497 e. The van der Waals surface area contributed by atoms with Crippen molar-refractivity contribution in [3.63, 3.8) is 0 Å². The average molecular weight is 410 g/mol. The summed E-state index contributed by atoms with van der Waals surface area (Å²) in [7, 11) is 1.57. The summed E-state index contributed by atoms with van der Waals surface area (Å²) in [5.41, 5.74) is 0.808. The Balaban J connectivity index is 1.84. The topological polar surface area (TPSA) is 108 Å². The molecule has 28 heavy (non-hydrogen) atoms. The van der Waals surface area contributed by atoms with E-state index in [4.69, 9.17) is 4.74 Å². The Bertz CT molecular complexity index is 683. The highest BCUT2D eigenvalue weighted by Gasteiger charge is 2.37. The monoisotopic (exact) mass is 409 g/mol. The third-order valence-corrected chi connectivity index (χ3v) is 5.17. The van der Waals surface area contributed by atoms with E-state index >= 15 is 0 Å². The first-order valence-electron chi connectivity index (χ1n) is 9.12. The van der Waals surface area contributed by atoms with Gasteiger partial charge in [0, 0.05) is 6.42 Å². The second-order valence-electron chi connectivity index (χ2n) is 6.54. The van der Waals surface area contributed by atoms with Gasteiger partial charge in [0.1, 0.15) is 11.8 Å². The molecule has 0 aromatic heterocycles. The lowest BCUT2D eigenvalue weighted by atomic mass is 10.1. The number of methoxy groups -OCH3 is 1. The van der Waals surface area contributed by atoms with E-state index in [1.165, 1.54) is 0 Å². The quantitative estimate of drug-likeness (QED) is 0.473. The predicted octanol–water partition coefficient (Wildman–Crippen LogP) is 1.13. The fourth-order valence-corrected chi connectivity index (χ4v) is 3.40. The van der Waals surface area contributed by atoms with Crippen molar-refractivity contribution in [1.29, 1.82) is 0 Å². The first-order chi connectivity index (χ1) is 13.5. The maximum Gasteiger partial charge on any atom is 0.325 e. The molecule has 1 saturated heterocycles. The smallest absolute Gasteiger partial charge is 0.325 e. The van der Waals surface area contributed by atoms with Crippen molar-refractivity contribution in [2.45, 2.75) is 37.9 Å². The summed E-state index contributed by atoms with van der Waals surface area (Å²) in [4.78, 5) is 37.9. The van der Waals surface area contributed by atoms with Crippen molar-refractivity contribution >= 4 is 29.6 Å². The van der Waals surface area contributed by atoms with Crippen LogP contribution in [0.3, 0.4) is 0 Å². The number of hydrogen-bond donors (Lipinski definition) is 3. The number of aliphatic hydroxyl groups excluding tert-OH is 1. The van der Waals surface area contributed by atoms with Crippen molar-refractivity contribution in [3.8, 4) is 5.75 Å². The standard InChI is InChI=1S/C19H27N3O5S/c1-27-15-5-3-13(4-6-15)11-22-18(25)16(21-19(22)26)7-8-17(24)20-14(12-23)9-10-28-2/h3-6,14,16,23H,7-12H2,1-2H3,(H,20,24)(H,21,26)/t14-,16-/m1/s1. The van der Waals surface area contributed by atoms with E-state index < -0.39 is 12.1 Å². The summed E-state index contributed by atoms with van der Waals surface area (Å²) < 4.78 is 5.10. The fraction of sp³-hybridized carbons (Fsp3) is 0.526. The molecular formula is C19H27N3O5S. The normalized spacial score (nSPS) is 17.4. The third kappa shape index (κ3) is 6.13. The molecule has 1 aromatic carbocycles. The summed E-state index contributed by atoms with van der Waals surface area (Å²) in [5, 5.41) is 14.7. The molecule has 154 valence electrons. The lowest BCUT2D eigenvalue weighted by Crippen LogP contribution is -2.39. The molecule has 1 aliphatic heterocycles. The van der Waals surface area contributed by atoms with Crippen LogP contribution in [0.1, 0.15) is 24.8 Å². The summed E-state index contributed by atoms with van der Waals surface area (Å²) >= 11 is 1.64. The average Bonchev–Trinajstić information content (AvgIpc) is 2.97. The number of aliphatic hydroxyl groups is 1. The Morgan fingerprint density at radius 1 is 1.36 bits per heavy atom. The van der Waals surface area contributed by atoms with E-state index in [0.717, 1.165) is 16.2 Å². The molecule has 1 heterocycles. The lowest BCUT2D eigenvalue weighted by molar-refractivity contribution is -0.128. The van der Waals surface area contributed by atoms with E-state index in [9.17, 15) is 19.5 Å². The first-order valence-corrected chi connectivity index (χ1v) is 10.5. The zero-order valence-electron chi connectivity index (χ0n) is 16.1. The molecule has 2 atom stereocenters. The van der Waals surface area contributed by atoms with E-state index in [0.29, 0.717) is 12.2 Å². The van der Waals surface area contributed by atoms with Crippen LogP contribution in [0.25, 0.3) is 0 Å². The van der Waals surface area contributed by atoms with Gasteiger partial charge in [0.05, 0.1) is 26.3 Å². The number of imide groups is 1. The van der Waals surface area contributed by atoms with Gasteiger partial charge in [-0.15, -0.1) is 0 Å². The number of nitrogens with zero attached hydrogens (tertiary/aromatic N) is 1. The number of carbonyl (C=O) groups excluding carboxylic acids is 3. The van der Waals surface area contributed by atoms with Crippen molar-refractivity contribution in [1.82, 2.24) is 15.5 Å². The second kappa shape index (κ2) is 10.9. The molecule has 1 fully saturated rings. The van der Waals surface area contributed by atoms with Crippen LogP contribution in [0.5, 0.6) is 5.75 Å². The van der Waals surface area contributed by atoms with Crippen molar-refractivity contribution in [3.05, 3.63) is 29.8 Å². The Morgan fingerprint density at radius 3 is 2.68 bits per heavy atom. The molecule has 8 nitrogen and oxygen atoms in total. The van der Waals surface area contributed by atoms with Crippen LogP contribution in [0.2, 0.25) is 0 Å². The molecular weight excluding hydrogens is 382 g/mol. The van der Waals surface area contributed by atoms with E-state index in [2.05, 4.69) is 10.6 Å². The molecule has 3 N–H and O–H groups in total. The van der Waals surface area contributed by atoms with E-state index in [1.807, 2.05) is 6.26 Å². The molecule has 9 heteroatoms. The Morgan fingerprint density at radius 2 is 2.07 bits per heavy atom. The minimum absolute atomic E-state index is 0.100. The molecule has 0 unspecified atom stereocenters. The molecule has 2 rings (SSSR count). The molecule has 0 aliphatic carbocycles. The Kier molecular flexibility index (Phi) is 8.59. The Labute approximate surface area is 169 Å². The highest BCUT2D eigenvalue weighted by molar-refractivity contribution is 7.98. The predicted molar refractivity (Wildman–Crippen MR) is 107 cm³/mol. The number of rotatable bonds is 11. The number of urea groups is 1. The van der Waals surface area contributed by atoms with Gasteiger partial charge in [-0.3, -0.25) is 14.5 Å². The van der Waals surface area contributed by atoms with Gasteiger partial charge in [0.25, 0.3) is 5.91 Å². The maximum atomic E-state index is 12.5. The number of amides is 4. The molecule has 0 bridgehead atoms. The van der Waals surface area contributed by atoms with Gasteiger partial charge in [-0.1, -0.05) is 12.1 Å². The second-order valence-corrected chi connectivity index (χ2v) is 7.53. The highest BCUT2D eigenvalue weighted by atomic mass is 32.2. The minimum atomic E-state index is -0.713. The Hall–Kier alpha value is -2.26. The SMILES string of the molecule is COc1ccc(CN2C(=O)N[C@H](CCC(=O)N[C@@H](CO)CCSC)C2=O)cc1. The van der Waals surface area contributed by atoms with Crippen molar-refractivity contribution < 1.29 is 24.2 Å². The fourth-order valence-electron chi connectivity index (χ4n) is 2.88. The summed E-state index contributed by atoms with van der Waals surface area (Å²) in [5.74, 6) is 0.956. The van der Waals surface area contributed by atoms with Crippen molar-refractivity contribution in [2.75, 3.05) is 25.7 Å². The van der Waals surface area contributed by atoms with Crippen LogP contribution in [0, 0.1) is 0 Å². The lowest BCUT2D eigenvalue weighted by Gasteiger charge is -2.16. The number of carbonyl (C=O) groups is 3. The van der Waals surface area contributed by atoms with Crippen LogP contribution >= 0.6 is 11.8 Å². The molecule has 4 amide bonds. The highest BCUT2D eigenvalue weighted by Crippen LogP contribution is 2.17. The van der Waals surface area contributed by atoms with E-state index in [1.54, 1.807) is 43.1 Å². The van der Waals surface area contributed by atoms with Crippen LogP contribution in [-0.4, -0.2) is 65.7 Å². The van der Waals surface area contributed by atoms with Gasteiger partial charge in [0.2, 0.25) is 5.91 Å². The molecule has 0 saturated carbocycles. The largest absolute Gasteiger partial charge is 0.497 e. The van der Waals surface area contributed by atoms with Gasteiger partial charge in [0.15, 0.2) is 0 Å². The first kappa shape index (κ1) is 22.0. The van der Waals surface area contributed by atoms with Crippen LogP contribution in [0.4, 0.5) is 4.79 Å². The van der Waals surface area contributed by atoms with Gasteiger partial charge >= 0.3 is 6.03 Å². The van der Waals surface area contributed by atoms with Gasteiger partial charge in [-0.25, -0.2) is 4.79 Å². The molecule has 1 aliphatic rings. The van der Waals surface area contributed by atoms with Gasteiger partial charge < -0.3 is 20.5 Å². The zero-order chi connectivity index (χ0) is 20.5. The molecule has 1 aromatic rings. The van der Waals surface area contributed by atoms with Gasteiger partial charge in [-0.05, 0) is 42.5 Å². The van der Waals surface area contributed by atoms with Crippen LogP contribution in [0.15, 0.2) is 24.3 Å². The number of nitrogens with one attached hydrogen (secondary N) is 2. The van der Waals surface area contributed by atoms with Gasteiger partial charge in [-0.2, -0.15) is 11.8 Å². The maximum absolute atomic E-state index is 12.5. The number of ether oxygens (including phenoxy) is 1. The summed E-state index contributed by atoms with van der Waals surface area (Å²) in [6.45, 7) is 0.0413. The molecule has 0 spiro atoms. The number of hydrogen-bond acceptors (Lipinski definition) is 6. The third-order valence-electron chi connectivity index (χ3n) is 4.52. The number of thioether (sulfide) groups is 1. The van der Waals surface area contributed by atoms with E-state index in [-0.39, 0.29) is 43.8 Å². The zero-order valence-corrected chi connectivity index (χ0v) is 17.0. The van der Waals surface area contributed by atoms with Crippen molar-refractivity contribution in [2.24, 2.45) is 0 Å².